The van der Waals surface area contributed by atoms with Gasteiger partial charge < -0.3 is 24.4 Å². The highest BCUT2D eigenvalue weighted by Gasteiger charge is 2.25. The maximum Gasteiger partial charge on any atom is 0.231 e. The van der Waals surface area contributed by atoms with E-state index >= 15 is 0 Å². The van der Waals surface area contributed by atoms with Gasteiger partial charge in [0.15, 0.2) is 17.5 Å². The second-order valence-electron chi connectivity index (χ2n) is 7.07. The van der Waals surface area contributed by atoms with Crippen LogP contribution in [-0.4, -0.2) is 50.9 Å². The lowest BCUT2D eigenvalue weighted by atomic mass is 10.0. The topological polar surface area (TPSA) is 55.3 Å². The number of hydrogen-bond donors (Lipinski definition) is 1. The Morgan fingerprint density at radius 1 is 1.18 bits per heavy atom. The molecular formula is C22H27N3O3. The molecule has 2 heterocycles. The number of morpholine rings is 1. The predicted molar refractivity (Wildman–Crippen MR) is 109 cm³/mol. The van der Waals surface area contributed by atoms with Crippen molar-refractivity contribution < 1.29 is 14.2 Å². The van der Waals surface area contributed by atoms with Crippen molar-refractivity contribution >= 4 is 5.96 Å². The molecule has 0 amide bonds. The SMILES string of the molecule is CN=C(NCCc1ccc2c(c1)OCO2)N1CCOC(c2ccccc2C)C1. The van der Waals surface area contributed by atoms with Crippen LogP contribution in [0.1, 0.15) is 22.8 Å². The molecule has 0 aromatic heterocycles. The molecule has 2 aliphatic rings. The van der Waals surface area contributed by atoms with Crippen molar-refractivity contribution in [3.63, 3.8) is 0 Å². The highest BCUT2D eigenvalue weighted by molar-refractivity contribution is 5.80. The minimum Gasteiger partial charge on any atom is -0.454 e. The first-order valence-corrected chi connectivity index (χ1v) is 9.76. The number of aliphatic imine (C=N–C) groups is 1. The Morgan fingerprint density at radius 3 is 2.89 bits per heavy atom. The van der Waals surface area contributed by atoms with Gasteiger partial charge >= 0.3 is 0 Å². The number of fused-ring (bicyclic) bond motifs is 1. The molecule has 1 atom stereocenters. The molecule has 148 valence electrons. The van der Waals surface area contributed by atoms with Crippen molar-refractivity contribution in [2.45, 2.75) is 19.4 Å². The number of nitrogens with zero attached hydrogens (tertiary/aromatic N) is 2. The van der Waals surface area contributed by atoms with Crippen LogP contribution in [0.2, 0.25) is 0 Å². The van der Waals surface area contributed by atoms with Crippen LogP contribution in [-0.2, 0) is 11.2 Å². The fourth-order valence-electron chi connectivity index (χ4n) is 3.73. The van der Waals surface area contributed by atoms with Crippen LogP contribution in [0.4, 0.5) is 0 Å². The van der Waals surface area contributed by atoms with Gasteiger partial charge in [0, 0.05) is 20.1 Å². The van der Waals surface area contributed by atoms with Gasteiger partial charge in [-0.05, 0) is 42.2 Å². The Morgan fingerprint density at radius 2 is 2.04 bits per heavy atom. The summed E-state index contributed by atoms with van der Waals surface area (Å²) in [6.45, 7) is 5.58. The molecule has 1 fully saturated rings. The van der Waals surface area contributed by atoms with Crippen molar-refractivity contribution in [2.24, 2.45) is 4.99 Å². The van der Waals surface area contributed by atoms with Gasteiger partial charge in [-0.2, -0.15) is 0 Å². The Kier molecular flexibility index (Phi) is 5.67. The Labute approximate surface area is 166 Å². The monoisotopic (exact) mass is 381 g/mol. The van der Waals surface area contributed by atoms with E-state index in [0.29, 0.717) is 13.4 Å². The molecule has 0 saturated carbocycles. The summed E-state index contributed by atoms with van der Waals surface area (Å²) in [7, 11) is 1.83. The lowest BCUT2D eigenvalue weighted by Crippen LogP contribution is -2.48. The number of ether oxygens (including phenoxy) is 3. The lowest BCUT2D eigenvalue weighted by Gasteiger charge is -2.35. The zero-order valence-corrected chi connectivity index (χ0v) is 16.5. The summed E-state index contributed by atoms with van der Waals surface area (Å²) in [6, 6.07) is 14.5. The smallest absolute Gasteiger partial charge is 0.231 e. The van der Waals surface area contributed by atoms with Gasteiger partial charge in [0.2, 0.25) is 6.79 Å². The van der Waals surface area contributed by atoms with E-state index in [4.69, 9.17) is 14.2 Å². The molecule has 2 aromatic carbocycles. The molecule has 6 heteroatoms. The van der Waals surface area contributed by atoms with E-state index in [-0.39, 0.29) is 6.10 Å². The van der Waals surface area contributed by atoms with Gasteiger partial charge in [-0.1, -0.05) is 30.3 Å². The first-order chi connectivity index (χ1) is 13.7. The maximum absolute atomic E-state index is 6.04. The number of aryl methyl sites for hydroxylation is 1. The van der Waals surface area contributed by atoms with Crippen LogP contribution in [0.15, 0.2) is 47.5 Å². The van der Waals surface area contributed by atoms with E-state index in [1.807, 2.05) is 13.1 Å². The number of nitrogens with one attached hydrogen (secondary N) is 1. The fraction of sp³-hybridized carbons (Fsp3) is 0.409. The molecule has 28 heavy (non-hydrogen) atoms. The maximum atomic E-state index is 6.04. The summed E-state index contributed by atoms with van der Waals surface area (Å²) in [5, 5.41) is 3.49. The van der Waals surface area contributed by atoms with Crippen LogP contribution in [0.5, 0.6) is 11.5 Å². The zero-order valence-electron chi connectivity index (χ0n) is 16.5. The summed E-state index contributed by atoms with van der Waals surface area (Å²) in [6.07, 6.45) is 0.962. The largest absolute Gasteiger partial charge is 0.454 e. The molecule has 4 rings (SSSR count). The van der Waals surface area contributed by atoms with Gasteiger partial charge in [0.1, 0.15) is 6.10 Å². The molecular weight excluding hydrogens is 354 g/mol. The second-order valence-corrected chi connectivity index (χ2v) is 7.07. The number of rotatable bonds is 4. The molecule has 1 N–H and O–H groups in total. The summed E-state index contributed by atoms with van der Waals surface area (Å²) in [5.74, 6) is 2.57. The number of guanidine groups is 1. The van der Waals surface area contributed by atoms with Crippen LogP contribution in [0, 0.1) is 6.92 Å². The van der Waals surface area contributed by atoms with Crippen LogP contribution >= 0.6 is 0 Å². The Hall–Kier alpha value is -2.73. The first-order valence-electron chi connectivity index (χ1n) is 9.76. The van der Waals surface area contributed by atoms with Gasteiger partial charge in [-0.25, -0.2) is 0 Å². The zero-order chi connectivity index (χ0) is 19.3. The molecule has 0 radical (unpaired) electrons. The van der Waals surface area contributed by atoms with Crippen LogP contribution in [0.3, 0.4) is 0 Å². The van der Waals surface area contributed by atoms with E-state index in [2.05, 4.69) is 58.5 Å². The Balaban J connectivity index is 1.34. The third-order valence-electron chi connectivity index (χ3n) is 5.25. The summed E-state index contributed by atoms with van der Waals surface area (Å²) in [5.41, 5.74) is 3.73. The molecule has 2 aliphatic heterocycles. The van der Waals surface area contributed by atoms with E-state index < -0.39 is 0 Å². The van der Waals surface area contributed by atoms with Gasteiger partial charge in [-0.15, -0.1) is 0 Å². The average Bonchev–Trinajstić information content (AvgIpc) is 3.19. The van der Waals surface area contributed by atoms with E-state index in [9.17, 15) is 0 Å². The number of benzene rings is 2. The second kappa shape index (κ2) is 8.52. The molecule has 0 bridgehead atoms. The van der Waals surface area contributed by atoms with Gasteiger partial charge in [0.25, 0.3) is 0 Å². The quantitative estimate of drug-likeness (QED) is 0.652. The minimum atomic E-state index is 0.0716. The van der Waals surface area contributed by atoms with Gasteiger partial charge in [-0.3, -0.25) is 4.99 Å². The van der Waals surface area contributed by atoms with Gasteiger partial charge in [0.05, 0.1) is 13.2 Å². The van der Waals surface area contributed by atoms with Crippen molar-refractivity contribution in [2.75, 3.05) is 40.1 Å². The van der Waals surface area contributed by atoms with Crippen molar-refractivity contribution in [3.05, 3.63) is 59.2 Å². The molecule has 1 saturated heterocycles. The number of hydrogen-bond acceptors (Lipinski definition) is 4. The van der Waals surface area contributed by atoms with Crippen LogP contribution < -0.4 is 14.8 Å². The molecule has 1 unspecified atom stereocenters. The van der Waals surface area contributed by atoms with Crippen molar-refractivity contribution in [3.8, 4) is 11.5 Å². The van der Waals surface area contributed by atoms with E-state index in [1.54, 1.807) is 0 Å². The molecule has 2 aromatic rings. The highest BCUT2D eigenvalue weighted by atomic mass is 16.7. The predicted octanol–water partition coefficient (Wildman–Crippen LogP) is 2.92. The summed E-state index contributed by atoms with van der Waals surface area (Å²) in [4.78, 5) is 6.76. The lowest BCUT2D eigenvalue weighted by molar-refractivity contribution is -0.00829. The molecule has 0 spiro atoms. The van der Waals surface area contributed by atoms with Crippen molar-refractivity contribution in [1.29, 1.82) is 0 Å². The minimum absolute atomic E-state index is 0.0716. The van der Waals surface area contributed by atoms with Crippen LogP contribution in [0.25, 0.3) is 0 Å². The average molecular weight is 381 g/mol. The normalized spacial score (nSPS) is 19.0. The van der Waals surface area contributed by atoms with Crippen molar-refractivity contribution in [1.82, 2.24) is 10.2 Å². The Bertz CT molecular complexity index is 853. The van der Waals surface area contributed by atoms with E-state index in [0.717, 1.165) is 43.5 Å². The summed E-state index contributed by atoms with van der Waals surface area (Å²) < 4.78 is 16.9. The molecule has 6 nitrogen and oxygen atoms in total. The standard InChI is InChI=1S/C22H27N3O3/c1-16-5-3-4-6-18(16)21-14-25(11-12-26-21)22(23-2)24-10-9-17-7-8-19-20(13-17)28-15-27-19/h3-8,13,21H,9-12,14-15H2,1-2H3,(H,23,24). The third kappa shape index (κ3) is 4.07. The fourth-order valence-corrected chi connectivity index (χ4v) is 3.73. The highest BCUT2D eigenvalue weighted by Crippen LogP contribution is 2.32. The third-order valence-corrected chi connectivity index (χ3v) is 5.25. The van der Waals surface area contributed by atoms with E-state index in [1.165, 1.54) is 16.7 Å². The first kappa shape index (κ1) is 18.6. The summed E-state index contributed by atoms with van der Waals surface area (Å²) >= 11 is 0. The molecule has 0 aliphatic carbocycles.